The molecule has 0 saturated heterocycles. The highest BCUT2D eigenvalue weighted by Gasteiger charge is 2.31. The summed E-state index contributed by atoms with van der Waals surface area (Å²) in [6.45, 7) is 6.07. The Hall–Kier alpha value is -4.08. The van der Waals surface area contributed by atoms with Gasteiger partial charge in [0.15, 0.2) is 5.78 Å². The van der Waals surface area contributed by atoms with Crippen molar-refractivity contribution in [1.29, 1.82) is 0 Å². The number of carboxylic acid groups (broad SMARTS) is 3. The lowest BCUT2D eigenvalue weighted by Crippen LogP contribution is -2.58. The fourth-order valence-electron chi connectivity index (χ4n) is 3.69. The molecule has 232 valence electrons. The first-order valence-electron chi connectivity index (χ1n) is 13.0. The number of hydrogen-bond donors (Lipinski definition) is 8. The summed E-state index contributed by atoms with van der Waals surface area (Å²) in [7, 11) is 1.39. The number of ketones is 1. The molecule has 0 radical (unpaired) electrons. The van der Waals surface area contributed by atoms with Crippen LogP contribution >= 0.6 is 0 Å². The highest BCUT2D eigenvalue weighted by Crippen LogP contribution is 2.07. The van der Waals surface area contributed by atoms with Crippen molar-refractivity contribution in [3.63, 3.8) is 0 Å². The normalized spacial score (nSPS) is 14.5. The van der Waals surface area contributed by atoms with Crippen LogP contribution in [0.5, 0.6) is 0 Å². The fourth-order valence-corrected chi connectivity index (χ4v) is 3.69. The molecule has 0 bridgehead atoms. The summed E-state index contributed by atoms with van der Waals surface area (Å²) in [5.41, 5.74) is 0. The lowest BCUT2D eigenvalue weighted by Gasteiger charge is -2.26. The Labute approximate surface area is 237 Å². The van der Waals surface area contributed by atoms with E-state index in [9.17, 15) is 38.4 Å². The van der Waals surface area contributed by atoms with Gasteiger partial charge in [0.05, 0.1) is 12.1 Å². The van der Waals surface area contributed by atoms with E-state index in [-0.39, 0.29) is 24.5 Å². The molecule has 0 aromatic carbocycles. The van der Waals surface area contributed by atoms with Gasteiger partial charge < -0.3 is 41.9 Å². The molecule has 0 fully saturated rings. The maximum Gasteiger partial charge on any atom is 0.303 e. The molecule has 16 nitrogen and oxygen atoms in total. The Kier molecular flexibility index (Phi) is 16.5. The molecule has 0 aliphatic heterocycles. The zero-order chi connectivity index (χ0) is 31.9. The minimum Gasteiger partial charge on any atom is -0.481 e. The van der Waals surface area contributed by atoms with Crippen LogP contribution < -0.4 is 26.6 Å². The lowest BCUT2D eigenvalue weighted by molar-refractivity contribution is -0.140. The van der Waals surface area contributed by atoms with Crippen LogP contribution in [0.3, 0.4) is 0 Å². The number of Topliss-reactive ketones (excluding diaryl/α,β-unsaturated/α-hetero) is 1. The van der Waals surface area contributed by atoms with Gasteiger partial charge in [0.25, 0.3) is 0 Å². The topological polar surface area (TPSA) is 257 Å². The largest absolute Gasteiger partial charge is 0.481 e. The van der Waals surface area contributed by atoms with Crippen molar-refractivity contribution in [2.75, 3.05) is 7.05 Å². The molecule has 0 saturated carbocycles. The standard InChI is InChI=1S/C25H41N5O11/c1-12(2)21(14(4)31)30-22(38)13(3)27-24(40)16(7-10-19(34)35)29-25(41)17(8-11-20(36)37)28-23(39)15(26-5)6-9-18(32)33/h12-13,15-17,21,26H,6-11H2,1-5H3,(H,27,40)(H,28,39)(H,29,41)(H,30,38)(H,32,33)(H,34,35)(H,36,37)/t13-,15-,16-,17-,21-/m0/s1. The molecule has 5 atom stereocenters. The third kappa shape index (κ3) is 14.8. The minimum atomic E-state index is -1.49. The maximum absolute atomic E-state index is 13.1. The van der Waals surface area contributed by atoms with Crippen molar-refractivity contribution in [2.45, 2.75) is 96.4 Å². The van der Waals surface area contributed by atoms with Crippen LogP contribution in [-0.4, -0.2) is 99.9 Å². The van der Waals surface area contributed by atoms with Crippen molar-refractivity contribution >= 4 is 47.3 Å². The fraction of sp³-hybridized carbons (Fsp3) is 0.680. The summed E-state index contributed by atoms with van der Waals surface area (Å²) in [6, 6.07) is -5.97. The number of nitrogens with one attached hydrogen (secondary N) is 5. The lowest BCUT2D eigenvalue weighted by atomic mass is 10.0. The monoisotopic (exact) mass is 587 g/mol. The van der Waals surface area contributed by atoms with Gasteiger partial charge in [-0.15, -0.1) is 0 Å². The molecule has 0 spiro atoms. The van der Waals surface area contributed by atoms with Crippen LogP contribution in [0.2, 0.25) is 0 Å². The molecule has 4 amide bonds. The molecule has 0 aliphatic rings. The molecule has 0 unspecified atom stereocenters. The zero-order valence-corrected chi connectivity index (χ0v) is 23.8. The van der Waals surface area contributed by atoms with Gasteiger partial charge in [-0.2, -0.15) is 0 Å². The Morgan fingerprint density at radius 1 is 0.561 bits per heavy atom. The predicted molar refractivity (Wildman–Crippen MR) is 142 cm³/mol. The van der Waals surface area contributed by atoms with Crippen LogP contribution in [0.15, 0.2) is 0 Å². The number of likely N-dealkylation sites (N-methyl/N-ethyl adjacent to an activating group) is 1. The number of hydrogen-bond acceptors (Lipinski definition) is 9. The molecule has 8 N–H and O–H groups in total. The Balaban J connectivity index is 5.74. The first kappa shape index (κ1) is 36.9. The third-order valence-electron chi connectivity index (χ3n) is 6.03. The van der Waals surface area contributed by atoms with Crippen LogP contribution in [0.4, 0.5) is 0 Å². The Bertz CT molecular complexity index is 985. The summed E-state index contributed by atoms with van der Waals surface area (Å²) in [5, 5.41) is 39.2. The van der Waals surface area contributed by atoms with E-state index in [2.05, 4.69) is 26.6 Å². The smallest absolute Gasteiger partial charge is 0.303 e. The molecule has 16 heteroatoms. The first-order chi connectivity index (χ1) is 19.0. The molecule has 0 aromatic rings. The quantitative estimate of drug-likeness (QED) is 0.0799. The molecule has 0 aliphatic carbocycles. The van der Waals surface area contributed by atoms with Crippen LogP contribution in [0, 0.1) is 5.92 Å². The van der Waals surface area contributed by atoms with Crippen LogP contribution in [0.25, 0.3) is 0 Å². The van der Waals surface area contributed by atoms with E-state index < -0.39 is 97.4 Å². The van der Waals surface area contributed by atoms with Crippen molar-refractivity contribution in [3.05, 3.63) is 0 Å². The van der Waals surface area contributed by atoms with Crippen molar-refractivity contribution < 1.29 is 53.7 Å². The van der Waals surface area contributed by atoms with E-state index in [0.29, 0.717) is 0 Å². The van der Waals surface area contributed by atoms with Gasteiger partial charge >= 0.3 is 17.9 Å². The van der Waals surface area contributed by atoms with E-state index in [1.54, 1.807) is 13.8 Å². The summed E-state index contributed by atoms with van der Waals surface area (Å²) in [4.78, 5) is 96.2. The van der Waals surface area contributed by atoms with Gasteiger partial charge in [-0.1, -0.05) is 13.8 Å². The summed E-state index contributed by atoms with van der Waals surface area (Å²) in [5.74, 6) is -7.65. The molecular formula is C25H41N5O11. The Morgan fingerprint density at radius 2 is 0.927 bits per heavy atom. The highest BCUT2D eigenvalue weighted by molar-refractivity contribution is 5.96. The average molecular weight is 588 g/mol. The van der Waals surface area contributed by atoms with Crippen molar-refractivity contribution in [3.8, 4) is 0 Å². The van der Waals surface area contributed by atoms with Crippen molar-refractivity contribution in [1.82, 2.24) is 26.6 Å². The average Bonchev–Trinajstić information content (AvgIpc) is 2.86. The number of amides is 4. The zero-order valence-electron chi connectivity index (χ0n) is 23.8. The van der Waals surface area contributed by atoms with E-state index in [4.69, 9.17) is 15.3 Å². The molecule has 0 rings (SSSR count). The van der Waals surface area contributed by atoms with E-state index in [0.717, 1.165) is 0 Å². The van der Waals surface area contributed by atoms with Gasteiger partial charge in [0, 0.05) is 19.3 Å². The second-order valence-electron chi connectivity index (χ2n) is 9.83. The number of carbonyl (C=O) groups is 8. The number of aliphatic carboxylic acids is 3. The maximum atomic E-state index is 13.1. The summed E-state index contributed by atoms with van der Waals surface area (Å²) < 4.78 is 0. The Morgan fingerprint density at radius 3 is 1.27 bits per heavy atom. The van der Waals surface area contributed by atoms with E-state index >= 15 is 0 Å². The number of rotatable bonds is 20. The predicted octanol–water partition coefficient (Wildman–Crippen LogP) is -1.63. The minimum absolute atomic E-state index is 0.129. The highest BCUT2D eigenvalue weighted by atomic mass is 16.4. The van der Waals surface area contributed by atoms with E-state index in [1.165, 1.54) is 20.9 Å². The van der Waals surface area contributed by atoms with Gasteiger partial charge in [0.2, 0.25) is 23.6 Å². The summed E-state index contributed by atoms with van der Waals surface area (Å²) >= 11 is 0. The number of carboxylic acids is 3. The second kappa shape index (κ2) is 18.3. The first-order valence-corrected chi connectivity index (χ1v) is 13.0. The third-order valence-corrected chi connectivity index (χ3v) is 6.03. The summed E-state index contributed by atoms with van der Waals surface area (Å²) in [6.07, 6.45) is -2.39. The van der Waals surface area contributed by atoms with E-state index in [1.807, 2.05) is 0 Å². The van der Waals surface area contributed by atoms with Crippen molar-refractivity contribution in [2.24, 2.45) is 5.92 Å². The van der Waals surface area contributed by atoms with Gasteiger partial charge in [-0.25, -0.2) is 0 Å². The molecule has 0 heterocycles. The van der Waals surface area contributed by atoms with Crippen LogP contribution in [0.1, 0.15) is 66.2 Å². The SMILES string of the molecule is CN[C@@H](CCC(=O)O)C(=O)N[C@@H](CCC(=O)O)C(=O)N[C@@H](CCC(=O)O)C(=O)N[C@@H](C)C(=O)N[C@H](C(C)=O)C(C)C. The molecule has 41 heavy (non-hydrogen) atoms. The van der Waals surface area contributed by atoms with Gasteiger partial charge in [0.1, 0.15) is 18.1 Å². The molecule has 0 aromatic heterocycles. The van der Waals surface area contributed by atoms with Gasteiger partial charge in [-0.3, -0.25) is 38.4 Å². The van der Waals surface area contributed by atoms with Gasteiger partial charge in [-0.05, 0) is 46.1 Å². The second-order valence-corrected chi connectivity index (χ2v) is 9.83. The molecular weight excluding hydrogens is 546 g/mol. The number of carbonyl (C=O) groups excluding carboxylic acids is 5. The van der Waals surface area contributed by atoms with Crippen LogP contribution in [-0.2, 0) is 38.4 Å².